The Balaban J connectivity index is 1.60. The van der Waals surface area contributed by atoms with Gasteiger partial charge in [0.15, 0.2) is 11.5 Å². The van der Waals surface area contributed by atoms with Gasteiger partial charge in [0.25, 0.3) is 5.91 Å². The first-order valence-corrected chi connectivity index (χ1v) is 7.83. The molecule has 0 saturated carbocycles. The molecule has 1 amide bonds. The number of aliphatic carboxylic acids is 1. The molecule has 0 aliphatic carbocycles. The Hall–Kier alpha value is -2.61. The van der Waals surface area contributed by atoms with Gasteiger partial charge in [-0.15, -0.1) is 0 Å². The van der Waals surface area contributed by atoms with Crippen LogP contribution in [0.3, 0.4) is 0 Å². The van der Waals surface area contributed by atoms with Crippen molar-refractivity contribution in [2.45, 2.75) is 12.8 Å². The monoisotopic (exact) mass is 333 g/mol. The minimum atomic E-state index is -0.902. The van der Waals surface area contributed by atoms with Crippen molar-refractivity contribution in [3.63, 3.8) is 0 Å². The van der Waals surface area contributed by atoms with Crippen LogP contribution in [0.1, 0.15) is 23.3 Å². The van der Waals surface area contributed by atoms with E-state index < -0.39 is 17.8 Å². The van der Waals surface area contributed by atoms with Crippen LogP contribution in [0.5, 0.6) is 0 Å². The Morgan fingerprint density at radius 2 is 2.21 bits per heavy atom. The highest BCUT2D eigenvalue weighted by molar-refractivity contribution is 5.93. The van der Waals surface area contributed by atoms with Crippen LogP contribution >= 0.6 is 0 Å². The van der Waals surface area contributed by atoms with Crippen LogP contribution in [0.15, 0.2) is 28.9 Å². The van der Waals surface area contributed by atoms with E-state index in [4.69, 9.17) is 9.15 Å². The third-order valence-corrected chi connectivity index (χ3v) is 4.23. The van der Waals surface area contributed by atoms with E-state index in [1.165, 1.54) is 6.26 Å². The fourth-order valence-corrected chi connectivity index (χ4v) is 2.86. The number of aromatic amines is 1. The number of rotatable bonds is 6. The maximum atomic E-state index is 12.2. The second-order valence-electron chi connectivity index (χ2n) is 5.75. The third kappa shape index (κ3) is 3.65. The average Bonchev–Trinajstić information content (AvgIpc) is 3.27. The zero-order valence-electron chi connectivity index (χ0n) is 13.0. The molecular weight excluding hydrogens is 314 g/mol. The molecule has 1 unspecified atom stereocenters. The number of carboxylic acid groups (broad SMARTS) is 1. The summed E-state index contributed by atoms with van der Waals surface area (Å²) in [5.41, 5.74) is 0.780. The lowest BCUT2D eigenvalue weighted by atomic mass is 9.86. The minimum Gasteiger partial charge on any atom is -0.481 e. The van der Waals surface area contributed by atoms with Crippen LogP contribution in [0.25, 0.3) is 11.5 Å². The number of furan rings is 1. The fourth-order valence-electron chi connectivity index (χ4n) is 2.86. The fraction of sp³-hybridized carbons (Fsp3) is 0.438. The van der Waals surface area contributed by atoms with Gasteiger partial charge in [-0.1, -0.05) is 0 Å². The molecule has 0 spiro atoms. The average molecular weight is 333 g/mol. The van der Waals surface area contributed by atoms with Crippen molar-refractivity contribution >= 4 is 11.9 Å². The lowest BCUT2D eigenvalue weighted by molar-refractivity contribution is -0.144. The molecule has 2 aromatic rings. The smallest absolute Gasteiger partial charge is 0.308 e. The molecule has 1 atom stereocenters. The third-order valence-electron chi connectivity index (χ3n) is 4.23. The molecule has 3 N–H and O–H groups in total. The zero-order valence-corrected chi connectivity index (χ0v) is 13.0. The first kappa shape index (κ1) is 16.3. The summed E-state index contributed by atoms with van der Waals surface area (Å²) in [6.45, 7) is 1.20. The molecule has 8 heteroatoms. The van der Waals surface area contributed by atoms with Crippen molar-refractivity contribution in [1.29, 1.82) is 0 Å². The molecule has 1 saturated heterocycles. The molecule has 2 aromatic heterocycles. The van der Waals surface area contributed by atoms with Gasteiger partial charge in [0, 0.05) is 25.8 Å². The first-order chi connectivity index (χ1) is 11.6. The van der Waals surface area contributed by atoms with Crippen molar-refractivity contribution in [3.8, 4) is 11.5 Å². The Bertz CT molecular complexity index is 688. The van der Waals surface area contributed by atoms with Crippen LogP contribution in [0, 0.1) is 11.8 Å². The van der Waals surface area contributed by atoms with Crippen molar-refractivity contribution in [2.75, 3.05) is 19.8 Å². The highest BCUT2D eigenvalue weighted by atomic mass is 16.5. The summed E-state index contributed by atoms with van der Waals surface area (Å²) < 4.78 is 10.5. The molecule has 3 rings (SSSR count). The van der Waals surface area contributed by atoms with Gasteiger partial charge in [-0.05, 0) is 30.9 Å². The number of nitrogens with one attached hydrogen (secondary N) is 2. The number of amides is 1. The summed E-state index contributed by atoms with van der Waals surface area (Å²) in [5.74, 6) is -1.36. The number of carboxylic acids is 1. The highest BCUT2D eigenvalue weighted by Crippen LogP contribution is 2.24. The number of H-pyrrole nitrogens is 1. The number of nitrogens with zero attached hydrogens (tertiary/aromatic N) is 1. The van der Waals surface area contributed by atoms with Gasteiger partial charge in [0.05, 0.1) is 12.2 Å². The van der Waals surface area contributed by atoms with E-state index in [0.29, 0.717) is 37.5 Å². The maximum Gasteiger partial charge on any atom is 0.308 e. The van der Waals surface area contributed by atoms with E-state index in [0.717, 1.165) is 0 Å². The number of carbonyl (C=O) groups is 2. The first-order valence-electron chi connectivity index (χ1n) is 7.83. The molecule has 3 heterocycles. The Labute approximate surface area is 138 Å². The van der Waals surface area contributed by atoms with Crippen molar-refractivity contribution < 1.29 is 23.8 Å². The molecule has 24 heavy (non-hydrogen) atoms. The van der Waals surface area contributed by atoms with E-state index in [2.05, 4.69) is 15.5 Å². The predicted molar refractivity (Wildman–Crippen MR) is 83.3 cm³/mol. The van der Waals surface area contributed by atoms with Crippen molar-refractivity contribution in [2.24, 2.45) is 11.8 Å². The lowest BCUT2D eigenvalue weighted by Gasteiger charge is -2.27. The van der Waals surface area contributed by atoms with E-state index in [9.17, 15) is 14.7 Å². The molecular formula is C16H19N3O5. The summed E-state index contributed by atoms with van der Waals surface area (Å²) in [7, 11) is 0. The van der Waals surface area contributed by atoms with Crippen LogP contribution < -0.4 is 5.32 Å². The molecule has 128 valence electrons. The SMILES string of the molecule is O=C(NCC(C(=O)O)C1CCOCC1)c1cc(-c2ccco2)[nH]n1. The normalized spacial score (nSPS) is 16.7. The number of aromatic nitrogens is 2. The second-order valence-corrected chi connectivity index (χ2v) is 5.75. The summed E-state index contributed by atoms with van der Waals surface area (Å²) in [5, 5.41) is 18.7. The van der Waals surface area contributed by atoms with E-state index in [1.807, 2.05) is 0 Å². The number of hydrogen-bond donors (Lipinski definition) is 3. The topological polar surface area (TPSA) is 117 Å². The van der Waals surface area contributed by atoms with E-state index in [1.54, 1.807) is 18.2 Å². The van der Waals surface area contributed by atoms with Gasteiger partial charge >= 0.3 is 5.97 Å². The highest BCUT2D eigenvalue weighted by Gasteiger charge is 2.30. The van der Waals surface area contributed by atoms with Crippen molar-refractivity contribution in [1.82, 2.24) is 15.5 Å². The molecule has 1 aliphatic heterocycles. The summed E-state index contributed by atoms with van der Waals surface area (Å²) in [4.78, 5) is 23.7. The molecule has 0 radical (unpaired) electrons. The predicted octanol–water partition coefficient (Wildman–Crippen LogP) is 1.53. The number of ether oxygens (including phenoxy) is 1. The van der Waals surface area contributed by atoms with Crippen molar-refractivity contribution in [3.05, 3.63) is 30.2 Å². The molecule has 1 aliphatic rings. The molecule has 1 fully saturated rings. The van der Waals surface area contributed by atoms with Gasteiger partial charge in [0.2, 0.25) is 0 Å². The van der Waals surface area contributed by atoms with Gasteiger partial charge in [-0.25, -0.2) is 0 Å². The molecule has 0 bridgehead atoms. The summed E-state index contributed by atoms with van der Waals surface area (Å²) in [6, 6.07) is 5.06. The Kier molecular flexibility index (Phi) is 4.95. The number of hydrogen-bond acceptors (Lipinski definition) is 5. The Morgan fingerprint density at radius 1 is 1.42 bits per heavy atom. The summed E-state index contributed by atoms with van der Waals surface area (Å²) in [6.07, 6.45) is 2.91. The largest absolute Gasteiger partial charge is 0.481 e. The number of carbonyl (C=O) groups excluding carboxylic acids is 1. The van der Waals surface area contributed by atoms with Crippen LogP contribution in [-0.2, 0) is 9.53 Å². The van der Waals surface area contributed by atoms with Gasteiger partial charge < -0.3 is 19.6 Å². The standard InChI is InChI=1S/C16H19N3O5/c20-15(13-8-12(18-19-13)14-2-1-5-24-14)17-9-11(16(21)22)10-3-6-23-7-4-10/h1-2,5,8,10-11H,3-4,6-7,9H2,(H,17,20)(H,18,19)(H,21,22). The van der Waals surface area contributed by atoms with E-state index >= 15 is 0 Å². The lowest BCUT2D eigenvalue weighted by Crippen LogP contribution is -2.39. The Morgan fingerprint density at radius 3 is 2.88 bits per heavy atom. The molecule has 8 nitrogen and oxygen atoms in total. The van der Waals surface area contributed by atoms with Crippen LogP contribution in [-0.4, -0.2) is 46.9 Å². The van der Waals surface area contributed by atoms with Gasteiger partial charge in [0.1, 0.15) is 5.69 Å². The second kappa shape index (κ2) is 7.31. The maximum absolute atomic E-state index is 12.2. The van der Waals surface area contributed by atoms with Gasteiger partial charge in [-0.2, -0.15) is 5.10 Å². The molecule has 0 aromatic carbocycles. The van der Waals surface area contributed by atoms with Crippen LogP contribution in [0.4, 0.5) is 0 Å². The summed E-state index contributed by atoms with van der Waals surface area (Å²) >= 11 is 0. The minimum absolute atomic E-state index is 0.00872. The quantitative estimate of drug-likeness (QED) is 0.738. The van der Waals surface area contributed by atoms with Gasteiger partial charge in [-0.3, -0.25) is 14.7 Å². The van der Waals surface area contributed by atoms with Crippen LogP contribution in [0.2, 0.25) is 0 Å². The zero-order chi connectivity index (χ0) is 16.9. The van der Waals surface area contributed by atoms with E-state index in [-0.39, 0.29) is 18.2 Å².